The van der Waals surface area contributed by atoms with Crippen LogP contribution in [0.5, 0.6) is 0 Å². The molecule has 1 fully saturated rings. The number of fused-ring (bicyclic) bond motifs is 1. The first-order chi connectivity index (χ1) is 11.4. The monoisotopic (exact) mass is 353 g/mol. The summed E-state index contributed by atoms with van der Waals surface area (Å²) >= 11 is 0. The Hall–Kier alpha value is -2.42. The highest BCUT2D eigenvalue weighted by atomic mass is 32.2. The summed E-state index contributed by atoms with van der Waals surface area (Å²) in [6.07, 6.45) is 4.92. The first kappa shape index (κ1) is 17.9. The maximum Gasteiger partial charge on any atom is 0.290 e. The molecule has 130 valence electrons. The summed E-state index contributed by atoms with van der Waals surface area (Å²) in [6.45, 7) is 0.221. The van der Waals surface area contributed by atoms with E-state index in [9.17, 15) is 13.2 Å². The Kier molecular flexibility index (Phi) is 5.91. The fourth-order valence-corrected chi connectivity index (χ4v) is 4.31. The van der Waals surface area contributed by atoms with Crippen LogP contribution in [0, 0.1) is 5.92 Å². The molecule has 1 unspecified atom stereocenters. The van der Waals surface area contributed by atoms with Crippen molar-refractivity contribution in [3.8, 4) is 0 Å². The largest absolute Gasteiger partial charge is 0.483 e. The number of hydrogen-bond donors (Lipinski definition) is 2. The summed E-state index contributed by atoms with van der Waals surface area (Å²) in [7, 11) is -3.01. The topological polar surface area (TPSA) is 118 Å². The second-order valence-electron chi connectivity index (χ2n) is 5.44. The Morgan fingerprint density at radius 1 is 1.46 bits per heavy atom. The van der Waals surface area contributed by atoms with Gasteiger partial charge in [0.15, 0.2) is 9.84 Å². The molecular formula is C15H19N3O5S. The Morgan fingerprint density at radius 2 is 2.21 bits per heavy atom. The first-order valence-corrected chi connectivity index (χ1v) is 9.26. The van der Waals surface area contributed by atoms with Gasteiger partial charge in [0.1, 0.15) is 5.65 Å². The Bertz CT molecular complexity index is 782. The minimum absolute atomic E-state index is 0.0206. The highest BCUT2D eigenvalue weighted by molar-refractivity contribution is 7.91. The van der Waals surface area contributed by atoms with Crippen molar-refractivity contribution in [2.75, 3.05) is 18.1 Å². The molecule has 1 aliphatic rings. The summed E-state index contributed by atoms with van der Waals surface area (Å²) in [5.74, 6) is -0.457. The molecule has 3 rings (SSSR count). The fourth-order valence-electron chi connectivity index (χ4n) is 2.57. The third-order valence-corrected chi connectivity index (χ3v) is 5.47. The summed E-state index contributed by atoms with van der Waals surface area (Å²) < 4.78 is 24.6. The van der Waals surface area contributed by atoms with E-state index in [0.717, 1.165) is 11.3 Å². The first-order valence-electron chi connectivity index (χ1n) is 7.44. The van der Waals surface area contributed by atoms with Gasteiger partial charge < -0.3 is 14.8 Å². The van der Waals surface area contributed by atoms with Crippen molar-refractivity contribution in [2.45, 2.75) is 12.8 Å². The number of pyridine rings is 1. The van der Waals surface area contributed by atoms with Gasteiger partial charge in [-0.2, -0.15) is 0 Å². The second kappa shape index (κ2) is 7.91. The number of nitrogens with zero attached hydrogens (tertiary/aromatic N) is 2. The molecule has 0 bridgehead atoms. The highest BCUT2D eigenvalue weighted by Gasteiger charge is 2.32. The van der Waals surface area contributed by atoms with Gasteiger partial charge in [-0.05, 0) is 18.6 Å². The number of aromatic nitrogens is 2. The van der Waals surface area contributed by atoms with Crippen LogP contribution in [0.15, 0.2) is 30.6 Å². The van der Waals surface area contributed by atoms with Crippen LogP contribution >= 0.6 is 0 Å². The minimum atomic E-state index is -3.01. The van der Waals surface area contributed by atoms with Crippen LogP contribution in [0.25, 0.3) is 5.65 Å². The molecule has 0 radical (unpaired) electrons. The quantitative estimate of drug-likeness (QED) is 0.754. The molecule has 8 nitrogen and oxygen atoms in total. The summed E-state index contributed by atoms with van der Waals surface area (Å²) in [5, 5.41) is 9.69. The molecule has 1 aliphatic heterocycles. The average molecular weight is 353 g/mol. The fraction of sp³-hybridized carbons (Fsp3) is 0.400. The van der Waals surface area contributed by atoms with Crippen molar-refractivity contribution < 1.29 is 23.1 Å². The van der Waals surface area contributed by atoms with Gasteiger partial charge >= 0.3 is 0 Å². The van der Waals surface area contributed by atoms with Crippen molar-refractivity contribution in [3.05, 3.63) is 36.3 Å². The number of hydrogen-bond acceptors (Lipinski definition) is 5. The number of imidazole rings is 1. The lowest BCUT2D eigenvalue weighted by molar-refractivity contribution is -0.124. The molecule has 1 saturated heterocycles. The lowest BCUT2D eigenvalue weighted by atomic mass is 10.1. The van der Waals surface area contributed by atoms with Crippen LogP contribution in [0.3, 0.4) is 0 Å². The average Bonchev–Trinajstić information content (AvgIpc) is 3.10. The Labute approximate surface area is 139 Å². The molecule has 24 heavy (non-hydrogen) atoms. The van der Waals surface area contributed by atoms with Gasteiger partial charge in [-0.1, -0.05) is 6.07 Å². The lowest BCUT2D eigenvalue weighted by Crippen LogP contribution is -2.32. The molecule has 3 heterocycles. The van der Waals surface area contributed by atoms with Gasteiger partial charge in [-0.15, -0.1) is 0 Å². The van der Waals surface area contributed by atoms with Gasteiger partial charge in [0.2, 0.25) is 5.91 Å². The van der Waals surface area contributed by atoms with E-state index in [-0.39, 0.29) is 23.9 Å². The SMILES string of the molecule is O=C(NCCc1cn2ccccc2n1)C1CCS(=O)(=O)C1.O=CO. The molecule has 2 aromatic heterocycles. The zero-order chi connectivity index (χ0) is 17.6. The number of carboxylic acid groups (broad SMARTS) is 1. The minimum Gasteiger partial charge on any atom is -0.483 e. The van der Waals surface area contributed by atoms with E-state index in [1.165, 1.54) is 0 Å². The number of carbonyl (C=O) groups is 2. The van der Waals surface area contributed by atoms with Gasteiger partial charge in [0.05, 0.1) is 23.1 Å². The number of amides is 1. The smallest absolute Gasteiger partial charge is 0.290 e. The summed E-state index contributed by atoms with van der Waals surface area (Å²) in [4.78, 5) is 24.7. The molecule has 0 aliphatic carbocycles. The van der Waals surface area contributed by atoms with E-state index < -0.39 is 15.8 Å². The maximum atomic E-state index is 11.9. The van der Waals surface area contributed by atoms with Crippen molar-refractivity contribution in [2.24, 2.45) is 5.92 Å². The predicted molar refractivity (Wildman–Crippen MR) is 87.4 cm³/mol. The van der Waals surface area contributed by atoms with Crippen molar-refractivity contribution in [3.63, 3.8) is 0 Å². The summed E-state index contributed by atoms with van der Waals surface area (Å²) in [6, 6.07) is 5.78. The van der Waals surface area contributed by atoms with Gasteiger partial charge in [-0.25, -0.2) is 13.4 Å². The van der Waals surface area contributed by atoms with Crippen molar-refractivity contribution in [1.29, 1.82) is 0 Å². The van der Waals surface area contributed by atoms with Crippen LogP contribution in [-0.2, 0) is 25.8 Å². The van der Waals surface area contributed by atoms with Crippen LogP contribution in [0.4, 0.5) is 0 Å². The van der Waals surface area contributed by atoms with Crippen LogP contribution < -0.4 is 5.32 Å². The summed E-state index contributed by atoms with van der Waals surface area (Å²) in [5.41, 5.74) is 1.78. The predicted octanol–water partition coefficient (Wildman–Crippen LogP) is 0.129. The number of rotatable bonds is 4. The molecule has 2 aromatic rings. The number of sulfone groups is 1. The molecular weight excluding hydrogens is 334 g/mol. The molecule has 0 saturated carbocycles. The molecule has 0 spiro atoms. The lowest BCUT2D eigenvalue weighted by Gasteiger charge is -2.08. The third kappa shape index (κ3) is 4.79. The van der Waals surface area contributed by atoms with E-state index in [1.54, 1.807) is 0 Å². The second-order valence-corrected chi connectivity index (χ2v) is 7.67. The van der Waals surface area contributed by atoms with Crippen molar-refractivity contribution in [1.82, 2.24) is 14.7 Å². The zero-order valence-electron chi connectivity index (χ0n) is 13.0. The van der Waals surface area contributed by atoms with Crippen LogP contribution in [0.2, 0.25) is 0 Å². The maximum absolute atomic E-state index is 11.9. The van der Waals surface area contributed by atoms with Crippen LogP contribution in [0.1, 0.15) is 12.1 Å². The van der Waals surface area contributed by atoms with Gasteiger partial charge in [-0.3, -0.25) is 9.59 Å². The van der Waals surface area contributed by atoms with E-state index in [4.69, 9.17) is 9.90 Å². The molecule has 9 heteroatoms. The number of carbonyl (C=O) groups excluding carboxylic acids is 1. The van der Waals surface area contributed by atoms with E-state index >= 15 is 0 Å². The normalized spacial score (nSPS) is 18.6. The Balaban J connectivity index is 0.000000647. The van der Waals surface area contributed by atoms with Crippen LogP contribution in [-0.4, -0.2) is 53.3 Å². The number of nitrogens with one attached hydrogen (secondary N) is 1. The standard InChI is InChI=1S/C14H17N3O3S.CH2O2/c18-14(11-5-8-21(19,20)10-11)15-6-4-12-9-17-7-2-1-3-13(17)16-12;2-1-3/h1-3,7,9,11H,4-6,8,10H2,(H,15,18);1H,(H,2,3). The van der Waals surface area contributed by atoms with E-state index in [0.29, 0.717) is 19.4 Å². The molecule has 1 atom stereocenters. The van der Waals surface area contributed by atoms with E-state index in [1.807, 2.05) is 35.0 Å². The molecule has 0 aromatic carbocycles. The Morgan fingerprint density at radius 3 is 2.83 bits per heavy atom. The molecule has 1 amide bonds. The third-order valence-electron chi connectivity index (χ3n) is 3.70. The van der Waals surface area contributed by atoms with Gasteiger partial charge in [0, 0.05) is 25.4 Å². The van der Waals surface area contributed by atoms with Crippen molar-refractivity contribution >= 4 is 27.9 Å². The van der Waals surface area contributed by atoms with Gasteiger partial charge in [0.25, 0.3) is 6.47 Å². The zero-order valence-corrected chi connectivity index (χ0v) is 13.8. The highest BCUT2D eigenvalue weighted by Crippen LogP contribution is 2.18. The molecule has 2 N–H and O–H groups in total. The van der Waals surface area contributed by atoms with E-state index in [2.05, 4.69) is 10.3 Å².